The molecule has 1 amide bonds. The average molecular weight is 300 g/mol. The highest BCUT2D eigenvalue weighted by Gasteiger charge is 2.20. The van der Waals surface area contributed by atoms with Crippen molar-refractivity contribution in [3.05, 3.63) is 60.0 Å². The van der Waals surface area contributed by atoms with E-state index in [0.717, 1.165) is 11.3 Å². The SMILES string of the molecule is C=C(C)COc1ccc(C(=O)N(C)[C@H](C)c2ccon2)cc1. The molecule has 116 valence electrons. The largest absolute Gasteiger partial charge is 0.489 e. The van der Waals surface area contributed by atoms with Crippen LogP contribution in [0.5, 0.6) is 5.75 Å². The molecule has 1 atom stereocenters. The van der Waals surface area contributed by atoms with E-state index in [4.69, 9.17) is 9.26 Å². The molecule has 2 aromatic rings. The van der Waals surface area contributed by atoms with Gasteiger partial charge in [-0.25, -0.2) is 0 Å². The van der Waals surface area contributed by atoms with Gasteiger partial charge in [-0.2, -0.15) is 0 Å². The second-order valence-corrected chi connectivity index (χ2v) is 5.29. The van der Waals surface area contributed by atoms with Crippen LogP contribution in [0.3, 0.4) is 0 Å². The topological polar surface area (TPSA) is 55.6 Å². The Hall–Kier alpha value is -2.56. The summed E-state index contributed by atoms with van der Waals surface area (Å²) in [6.45, 7) is 8.06. The zero-order valence-corrected chi connectivity index (χ0v) is 13.1. The van der Waals surface area contributed by atoms with E-state index in [1.54, 1.807) is 42.3 Å². The first-order chi connectivity index (χ1) is 10.5. The Labute approximate surface area is 130 Å². The summed E-state index contributed by atoms with van der Waals surface area (Å²) in [4.78, 5) is 14.1. The number of benzene rings is 1. The Bertz CT molecular complexity index is 632. The second-order valence-electron chi connectivity index (χ2n) is 5.29. The van der Waals surface area contributed by atoms with Crippen molar-refractivity contribution in [3.8, 4) is 5.75 Å². The number of amides is 1. The van der Waals surface area contributed by atoms with Gasteiger partial charge in [-0.05, 0) is 43.7 Å². The molecular weight excluding hydrogens is 280 g/mol. The van der Waals surface area contributed by atoms with E-state index in [9.17, 15) is 4.79 Å². The normalized spacial score (nSPS) is 11.8. The minimum Gasteiger partial charge on any atom is -0.489 e. The number of carbonyl (C=O) groups is 1. The highest BCUT2D eigenvalue weighted by atomic mass is 16.5. The van der Waals surface area contributed by atoms with Crippen LogP contribution in [0.2, 0.25) is 0 Å². The minimum atomic E-state index is -0.161. The third-order valence-electron chi connectivity index (χ3n) is 3.37. The van der Waals surface area contributed by atoms with Crippen LogP contribution in [0.15, 0.2) is 53.3 Å². The molecule has 5 heteroatoms. The van der Waals surface area contributed by atoms with Gasteiger partial charge in [0, 0.05) is 18.7 Å². The Kier molecular flexibility index (Phi) is 4.99. The van der Waals surface area contributed by atoms with Crippen LogP contribution in [0.1, 0.15) is 35.9 Å². The van der Waals surface area contributed by atoms with E-state index in [-0.39, 0.29) is 11.9 Å². The molecule has 0 aliphatic carbocycles. The molecule has 0 radical (unpaired) electrons. The summed E-state index contributed by atoms with van der Waals surface area (Å²) in [6, 6.07) is 8.66. The predicted octanol–water partition coefficient (Wildman–Crippen LogP) is 3.46. The molecule has 0 fully saturated rings. The summed E-state index contributed by atoms with van der Waals surface area (Å²) in [7, 11) is 1.74. The Morgan fingerprint density at radius 1 is 1.36 bits per heavy atom. The van der Waals surface area contributed by atoms with E-state index in [0.29, 0.717) is 17.9 Å². The van der Waals surface area contributed by atoms with E-state index in [1.807, 2.05) is 13.8 Å². The molecule has 1 aromatic heterocycles. The van der Waals surface area contributed by atoms with E-state index in [1.165, 1.54) is 6.26 Å². The Morgan fingerprint density at radius 3 is 2.59 bits per heavy atom. The van der Waals surface area contributed by atoms with Gasteiger partial charge in [0.25, 0.3) is 5.91 Å². The molecule has 0 spiro atoms. The minimum absolute atomic E-state index is 0.0815. The van der Waals surface area contributed by atoms with Gasteiger partial charge in [0.1, 0.15) is 24.3 Å². The van der Waals surface area contributed by atoms with Crippen LogP contribution >= 0.6 is 0 Å². The maximum Gasteiger partial charge on any atom is 0.254 e. The molecule has 0 bridgehead atoms. The number of rotatable bonds is 6. The van der Waals surface area contributed by atoms with Gasteiger partial charge < -0.3 is 14.2 Å². The van der Waals surface area contributed by atoms with Crippen LogP contribution in [-0.4, -0.2) is 29.6 Å². The van der Waals surface area contributed by atoms with Gasteiger partial charge >= 0.3 is 0 Å². The number of hydrogen-bond donors (Lipinski definition) is 0. The molecule has 0 N–H and O–H groups in total. The summed E-state index contributed by atoms with van der Waals surface area (Å²) in [5, 5.41) is 3.87. The molecule has 0 unspecified atom stereocenters. The smallest absolute Gasteiger partial charge is 0.254 e. The van der Waals surface area contributed by atoms with Crippen molar-refractivity contribution >= 4 is 5.91 Å². The van der Waals surface area contributed by atoms with Crippen molar-refractivity contribution < 1.29 is 14.1 Å². The number of ether oxygens (including phenoxy) is 1. The van der Waals surface area contributed by atoms with Crippen molar-refractivity contribution in [2.45, 2.75) is 19.9 Å². The lowest BCUT2D eigenvalue weighted by Gasteiger charge is -2.23. The predicted molar refractivity (Wildman–Crippen MR) is 83.8 cm³/mol. The average Bonchev–Trinajstić information content (AvgIpc) is 3.05. The first-order valence-electron chi connectivity index (χ1n) is 7.03. The van der Waals surface area contributed by atoms with Crippen LogP contribution < -0.4 is 4.74 Å². The Morgan fingerprint density at radius 2 is 2.05 bits per heavy atom. The van der Waals surface area contributed by atoms with Crippen LogP contribution in [-0.2, 0) is 0 Å². The van der Waals surface area contributed by atoms with Gasteiger partial charge in [0.15, 0.2) is 0 Å². The van der Waals surface area contributed by atoms with Crippen molar-refractivity contribution in [2.75, 3.05) is 13.7 Å². The van der Waals surface area contributed by atoms with Gasteiger partial charge in [-0.1, -0.05) is 11.7 Å². The highest BCUT2D eigenvalue weighted by Crippen LogP contribution is 2.20. The number of nitrogens with zero attached hydrogens (tertiary/aromatic N) is 2. The molecule has 1 heterocycles. The monoisotopic (exact) mass is 300 g/mol. The molecule has 0 aliphatic rings. The number of carbonyl (C=O) groups excluding carboxylic acids is 1. The van der Waals surface area contributed by atoms with Gasteiger partial charge in [-0.3, -0.25) is 4.79 Å². The standard InChI is InChI=1S/C17H20N2O3/c1-12(2)11-21-15-7-5-14(6-8-15)17(20)19(4)13(3)16-9-10-22-18-16/h5-10,13H,1,11H2,2-4H3/t13-/m1/s1. The fraction of sp³-hybridized carbons (Fsp3) is 0.294. The van der Waals surface area contributed by atoms with Crippen LogP contribution in [0.4, 0.5) is 0 Å². The lowest BCUT2D eigenvalue weighted by Crippen LogP contribution is -2.29. The maximum atomic E-state index is 12.5. The summed E-state index contributed by atoms with van der Waals surface area (Å²) in [6.07, 6.45) is 1.50. The van der Waals surface area contributed by atoms with Crippen LogP contribution in [0, 0.1) is 0 Å². The van der Waals surface area contributed by atoms with E-state index >= 15 is 0 Å². The Balaban J connectivity index is 2.04. The summed E-state index contributed by atoms with van der Waals surface area (Å²) >= 11 is 0. The lowest BCUT2D eigenvalue weighted by atomic mass is 10.1. The summed E-state index contributed by atoms with van der Waals surface area (Å²) in [5.74, 6) is 0.633. The zero-order chi connectivity index (χ0) is 16.1. The maximum absolute atomic E-state index is 12.5. The third-order valence-corrected chi connectivity index (χ3v) is 3.37. The summed E-state index contributed by atoms with van der Waals surface area (Å²) < 4.78 is 10.3. The fourth-order valence-corrected chi connectivity index (χ4v) is 1.92. The number of aromatic nitrogens is 1. The van der Waals surface area contributed by atoms with Crippen molar-refractivity contribution in [2.24, 2.45) is 0 Å². The van der Waals surface area contributed by atoms with Gasteiger partial charge in [0.2, 0.25) is 0 Å². The molecule has 5 nitrogen and oxygen atoms in total. The van der Waals surface area contributed by atoms with Crippen molar-refractivity contribution in [1.82, 2.24) is 10.1 Å². The zero-order valence-electron chi connectivity index (χ0n) is 13.1. The first-order valence-corrected chi connectivity index (χ1v) is 7.03. The molecule has 0 saturated carbocycles. The van der Waals surface area contributed by atoms with Crippen molar-refractivity contribution in [1.29, 1.82) is 0 Å². The molecule has 22 heavy (non-hydrogen) atoms. The third kappa shape index (κ3) is 3.75. The molecule has 0 saturated heterocycles. The molecule has 2 rings (SSSR count). The molecule has 0 aliphatic heterocycles. The summed E-state index contributed by atoms with van der Waals surface area (Å²) in [5.41, 5.74) is 2.26. The van der Waals surface area contributed by atoms with Crippen molar-refractivity contribution in [3.63, 3.8) is 0 Å². The van der Waals surface area contributed by atoms with Gasteiger partial charge in [0.05, 0.1) is 6.04 Å². The van der Waals surface area contributed by atoms with Crippen LogP contribution in [0.25, 0.3) is 0 Å². The van der Waals surface area contributed by atoms with E-state index < -0.39 is 0 Å². The lowest BCUT2D eigenvalue weighted by molar-refractivity contribution is 0.0737. The second kappa shape index (κ2) is 6.93. The highest BCUT2D eigenvalue weighted by molar-refractivity contribution is 5.94. The number of hydrogen-bond acceptors (Lipinski definition) is 4. The first kappa shape index (κ1) is 15.8. The van der Waals surface area contributed by atoms with Gasteiger partial charge in [-0.15, -0.1) is 0 Å². The van der Waals surface area contributed by atoms with E-state index in [2.05, 4.69) is 11.7 Å². The molecule has 1 aromatic carbocycles. The fourth-order valence-electron chi connectivity index (χ4n) is 1.92. The molecular formula is C17H20N2O3. The quantitative estimate of drug-likeness (QED) is 0.767.